The predicted octanol–water partition coefficient (Wildman–Crippen LogP) is 9.32. The second kappa shape index (κ2) is 13.6. The molecule has 2 aliphatic heterocycles. The predicted molar refractivity (Wildman–Crippen MR) is 194 cm³/mol. The number of fused-ring (bicyclic) bond motifs is 2. The molecule has 0 bridgehead atoms. The highest BCUT2D eigenvalue weighted by molar-refractivity contribution is 5.75. The minimum atomic E-state index is -0.574. The molecular weight excluding hydrogens is 646 g/mol. The third-order valence-corrected chi connectivity index (χ3v) is 9.14. The molecule has 7 rings (SSSR count). The Kier molecular flexibility index (Phi) is 9.16. The van der Waals surface area contributed by atoms with Gasteiger partial charge in [-0.05, 0) is 115 Å². The third-order valence-electron chi connectivity index (χ3n) is 9.14. The van der Waals surface area contributed by atoms with Crippen LogP contribution >= 0.6 is 0 Å². The third kappa shape index (κ3) is 7.82. The molecule has 51 heavy (non-hydrogen) atoms. The van der Waals surface area contributed by atoms with Gasteiger partial charge in [-0.15, -0.1) is 0 Å². The topological polar surface area (TPSA) is 114 Å². The van der Waals surface area contributed by atoms with Crippen molar-refractivity contribution in [2.24, 2.45) is 0 Å². The second-order valence-electron chi connectivity index (χ2n) is 15.6. The van der Waals surface area contributed by atoms with Gasteiger partial charge in [0.25, 0.3) is 0 Å². The summed E-state index contributed by atoms with van der Waals surface area (Å²) in [4.78, 5) is 41.4. The van der Waals surface area contributed by atoms with Crippen molar-refractivity contribution < 1.29 is 27.9 Å². The van der Waals surface area contributed by atoms with Gasteiger partial charge in [0.1, 0.15) is 34.3 Å². The fourth-order valence-electron chi connectivity index (χ4n) is 6.91. The summed E-state index contributed by atoms with van der Waals surface area (Å²) in [5.74, 6) is 1.08. The number of carbonyl (C=O) groups excluding carboxylic acids is 2. The van der Waals surface area contributed by atoms with Crippen LogP contribution in [0.3, 0.4) is 0 Å². The number of ether oxygens (including phenoxy) is 2. The Morgan fingerprint density at radius 3 is 1.59 bits per heavy atom. The molecule has 3 aromatic carbocycles. The maximum atomic E-state index is 12.9. The highest BCUT2D eigenvalue weighted by Gasteiger charge is 2.37. The zero-order chi connectivity index (χ0) is 35.9. The molecule has 0 radical (unpaired) electrons. The molecule has 2 aromatic heterocycles. The first kappa shape index (κ1) is 34.4. The molecule has 0 saturated carbocycles. The summed E-state index contributed by atoms with van der Waals surface area (Å²) in [6.45, 7) is 13.7. The number of likely N-dealkylation sites (tertiary alicyclic amines) is 2. The van der Waals surface area contributed by atoms with Crippen LogP contribution in [0.2, 0.25) is 0 Å². The summed E-state index contributed by atoms with van der Waals surface area (Å²) in [5, 5.41) is 0. The number of oxazole rings is 2. The van der Waals surface area contributed by atoms with Crippen molar-refractivity contribution in [3.05, 3.63) is 89.6 Å². The second-order valence-corrected chi connectivity index (χ2v) is 15.6. The van der Waals surface area contributed by atoms with E-state index in [4.69, 9.17) is 28.3 Å². The van der Waals surface area contributed by atoms with E-state index in [1.807, 2.05) is 71.9 Å². The van der Waals surface area contributed by atoms with Crippen molar-refractivity contribution >= 4 is 40.1 Å². The van der Waals surface area contributed by atoms with Crippen molar-refractivity contribution in [1.29, 1.82) is 0 Å². The van der Waals surface area contributed by atoms with E-state index in [-0.39, 0.29) is 24.3 Å². The van der Waals surface area contributed by atoms with Gasteiger partial charge in [-0.3, -0.25) is 9.80 Å². The molecular formula is C40H47N5O6. The normalized spacial score (nSPS) is 18.2. The zero-order valence-electron chi connectivity index (χ0n) is 30.3. The van der Waals surface area contributed by atoms with Crippen LogP contribution in [-0.2, 0) is 22.6 Å². The van der Waals surface area contributed by atoms with E-state index in [2.05, 4.69) is 41.3 Å². The Morgan fingerprint density at radius 1 is 0.706 bits per heavy atom. The quantitative estimate of drug-likeness (QED) is 0.164. The molecule has 11 heteroatoms. The van der Waals surface area contributed by atoms with Gasteiger partial charge in [-0.1, -0.05) is 30.3 Å². The lowest BCUT2D eigenvalue weighted by Gasteiger charge is -2.27. The number of hydrogen-bond donors (Lipinski definition) is 0. The Hall–Kier alpha value is -5.06. The molecule has 2 saturated heterocycles. The van der Waals surface area contributed by atoms with Crippen LogP contribution in [0.15, 0.2) is 75.6 Å². The lowest BCUT2D eigenvalue weighted by Crippen LogP contribution is -2.36. The Bertz CT molecular complexity index is 1900. The van der Waals surface area contributed by atoms with E-state index < -0.39 is 11.2 Å². The molecule has 4 heterocycles. The van der Waals surface area contributed by atoms with E-state index >= 15 is 0 Å². The molecule has 2 fully saturated rings. The monoisotopic (exact) mass is 693 g/mol. The number of hydrogen-bond acceptors (Lipinski definition) is 9. The fraction of sp³-hybridized carbons (Fsp3) is 0.450. The number of benzene rings is 3. The molecule has 2 atom stereocenters. The van der Waals surface area contributed by atoms with Gasteiger partial charge in [0.15, 0.2) is 11.2 Å². The van der Waals surface area contributed by atoms with E-state index in [9.17, 15) is 9.59 Å². The van der Waals surface area contributed by atoms with E-state index in [0.29, 0.717) is 49.1 Å². The first-order valence-corrected chi connectivity index (χ1v) is 17.9. The van der Waals surface area contributed by atoms with E-state index in [1.54, 1.807) is 9.80 Å². The molecule has 2 unspecified atom stereocenters. The van der Waals surface area contributed by atoms with Crippen molar-refractivity contribution in [2.45, 2.75) is 104 Å². The summed E-state index contributed by atoms with van der Waals surface area (Å²) in [7, 11) is 0. The molecule has 2 aliphatic rings. The molecule has 0 spiro atoms. The van der Waals surface area contributed by atoms with Gasteiger partial charge in [0, 0.05) is 31.9 Å². The van der Waals surface area contributed by atoms with Crippen molar-refractivity contribution in [3.8, 4) is 0 Å². The van der Waals surface area contributed by atoms with Crippen LogP contribution in [0, 0.1) is 0 Å². The molecule has 0 N–H and O–H groups in total. The zero-order valence-corrected chi connectivity index (χ0v) is 30.3. The van der Waals surface area contributed by atoms with Crippen LogP contribution in [0.25, 0.3) is 22.2 Å². The van der Waals surface area contributed by atoms with Gasteiger partial charge >= 0.3 is 12.2 Å². The Labute approximate surface area is 298 Å². The Morgan fingerprint density at radius 2 is 1.16 bits per heavy atom. The molecule has 0 aliphatic carbocycles. The summed E-state index contributed by atoms with van der Waals surface area (Å²) < 4.78 is 23.7. The fourth-order valence-corrected chi connectivity index (χ4v) is 6.91. The van der Waals surface area contributed by atoms with Crippen molar-refractivity contribution in [3.63, 3.8) is 0 Å². The number of nitrogens with zero attached hydrogens (tertiary/aromatic N) is 5. The summed E-state index contributed by atoms with van der Waals surface area (Å²) in [6, 6.07) is 22.0. The van der Waals surface area contributed by atoms with Crippen LogP contribution in [0.4, 0.5) is 15.3 Å². The minimum Gasteiger partial charge on any atom is -0.444 e. The summed E-state index contributed by atoms with van der Waals surface area (Å²) >= 11 is 0. The van der Waals surface area contributed by atoms with Crippen LogP contribution in [0.1, 0.15) is 102 Å². The SMILES string of the molecule is CC(C)(C)OC(=O)N1CCCC1c1nc2cc(CN(Cc3ccc4oc(C5CCCN5C(=O)OC(C)(C)C)nc4c3)c3ccccc3)ccc2o1. The van der Waals surface area contributed by atoms with Crippen molar-refractivity contribution in [2.75, 3.05) is 18.0 Å². The molecule has 268 valence electrons. The average Bonchev–Trinajstić information content (AvgIpc) is 3.88. The average molecular weight is 694 g/mol. The highest BCUT2D eigenvalue weighted by Crippen LogP contribution is 2.36. The lowest BCUT2D eigenvalue weighted by atomic mass is 10.1. The van der Waals surface area contributed by atoms with Crippen molar-refractivity contribution in [1.82, 2.24) is 19.8 Å². The van der Waals surface area contributed by atoms with E-state index in [1.165, 1.54) is 0 Å². The number of anilines is 1. The standard InChI is InChI=1S/C40H47N5O6/c1-39(2,3)50-37(46)44-20-10-14-31(44)35-41-29-22-26(16-18-33(29)48-35)24-43(28-12-8-7-9-13-28)25-27-17-19-34-30(23-27)42-36(49-34)32-15-11-21-45(32)38(47)51-40(4,5)6/h7-9,12-13,16-19,22-23,31-32H,10-11,14-15,20-21,24-25H2,1-6H3. The minimum absolute atomic E-state index is 0.252. The van der Waals surface area contributed by atoms with Gasteiger partial charge in [0.2, 0.25) is 11.8 Å². The summed E-state index contributed by atoms with van der Waals surface area (Å²) in [5.41, 5.74) is 4.99. The highest BCUT2D eigenvalue weighted by atomic mass is 16.6. The summed E-state index contributed by atoms with van der Waals surface area (Å²) in [6.07, 6.45) is 2.61. The lowest BCUT2D eigenvalue weighted by molar-refractivity contribution is 0.0195. The van der Waals surface area contributed by atoms with Gasteiger partial charge < -0.3 is 23.2 Å². The number of para-hydroxylation sites is 1. The van der Waals surface area contributed by atoms with Gasteiger partial charge in [-0.2, -0.15) is 0 Å². The van der Waals surface area contributed by atoms with Crippen LogP contribution < -0.4 is 4.90 Å². The van der Waals surface area contributed by atoms with Gasteiger partial charge in [-0.25, -0.2) is 19.6 Å². The van der Waals surface area contributed by atoms with E-state index in [0.717, 1.165) is 53.5 Å². The molecule has 5 aromatic rings. The number of carbonyl (C=O) groups is 2. The molecule has 2 amide bonds. The smallest absolute Gasteiger partial charge is 0.410 e. The largest absolute Gasteiger partial charge is 0.444 e. The Balaban J connectivity index is 1.10. The molecule has 11 nitrogen and oxygen atoms in total. The number of aromatic nitrogens is 2. The first-order chi connectivity index (χ1) is 24.3. The number of rotatable bonds is 7. The number of amides is 2. The first-order valence-electron chi connectivity index (χ1n) is 17.9. The van der Waals surface area contributed by atoms with Crippen LogP contribution in [0.5, 0.6) is 0 Å². The van der Waals surface area contributed by atoms with Crippen LogP contribution in [-0.4, -0.2) is 56.2 Å². The maximum absolute atomic E-state index is 12.9. The maximum Gasteiger partial charge on any atom is 0.410 e. The van der Waals surface area contributed by atoms with Gasteiger partial charge in [0.05, 0.1) is 0 Å².